The number of esters is 1. The van der Waals surface area contributed by atoms with Crippen molar-refractivity contribution < 1.29 is 13.9 Å². The number of rotatable bonds is 1. The molecule has 5 nitrogen and oxygen atoms in total. The standard InChI is InChI=1S/C14H12ClFN2O3/c1-17-4-3-7-11(16)10(15)5-8-12(7)18(17)6-9(13(8)19)14(20)21-2/h5-6H,3-4H2,1-2H3. The molecule has 0 spiro atoms. The number of nitrogens with zero attached hydrogens (tertiary/aromatic N) is 2. The molecule has 3 rings (SSSR count). The van der Waals surface area contributed by atoms with Crippen LogP contribution in [0.1, 0.15) is 15.9 Å². The van der Waals surface area contributed by atoms with E-state index in [1.165, 1.54) is 19.4 Å². The molecule has 0 amide bonds. The molecule has 2 aromatic rings. The predicted molar refractivity (Wildman–Crippen MR) is 77.2 cm³/mol. The lowest BCUT2D eigenvalue weighted by Gasteiger charge is -2.31. The van der Waals surface area contributed by atoms with Crippen molar-refractivity contribution >= 4 is 28.5 Å². The molecular weight excluding hydrogens is 299 g/mol. The number of halogens is 2. The van der Waals surface area contributed by atoms with Crippen LogP contribution in [-0.4, -0.2) is 31.3 Å². The summed E-state index contributed by atoms with van der Waals surface area (Å²) in [5.74, 6) is -1.25. The van der Waals surface area contributed by atoms with Gasteiger partial charge in [-0.25, -0.2) is 9.18 Å². The lowest BCUT2D eigenvalue weighted by atomic mass is 10.0. The summed E-state index contributed by atoms with van der Waals surface area (Å²) in [5.41, 5.74) is 0.228. The van der Waals surface area contributed by atoms with Gasteiger partial charge in [0.2, 0.25) is 5.43 Å². The fourth-order valence-electron chi connectivity index (χ4n) is 2.63. The molecule has 0 radical (unpaired) electrons. The Kier molecular flexibility index (Phi) is 3.13. The van der Waals surface area contributed by atoms with E-state index in [2.05, 4.69) is 4.74 Å². The fraction of sp³-hybridized carbons (Fsp3) is 0.286. The highest BCUT2D eigenvalue weighted by atomic mass is 35.5. The van der Waals surface area contributed by atoms with Crippen LogP contribution in [0.5, 0.6) is 0 Å². The molecule has 0 aliphatic carbocycles. The average molecular weight is 311 g/mol. The number of aromatic nitrogens is 1. The Hall–Kier alpha value is -2.08. The molecule has 0 saturated carbocycles. The number of benzene rings is 1. The quantitative estimate of drug-likeness (QED) is 0.752. The second-order valence-corrected chi connectivity index (χ2v) is 5.29. The average Bonchev–Trinajstić information content (AvgIpc) is 2.47. The smallest absolute Gasteiger partial charge is 0.343 e. The first-order valence-electron chi connectivity index (χ1n) is 6.31. The number of hydrogen-bond acceptors (Lipinski definition) is 4. The normalized spacial score (nSPS) is 13.6. The summed E-state index contributed by atoms with van der Waals surface area (Å²) < 4.78 is 20.4. The number of likely N-dealkylation sites (N-methyl/N-ethyl adjacent to an activating group) is 1. The topological polar surface area (TPSA) is 51.5 Å². The number of pyridine rings is 1. The van der Waals surface area contributed by atoms with Crippen molar-refractivity contribution in [1.82, 2.24) is 4.68 Å². The van der Waals surface area contributed by atoms with Crippen LogP contribution in [0, 0.1) is 5.82 Å². The number of carbonyl (C=O) groups is 1. The summed E-state index contributed by atoms with van der Waals surface area (Å²) in [7, 11) is 3.00. The maximum atomic E-state index is 14.2. The summed E-state index contributed by atoms with van der Waals surface area (Å²) >= 11 is 5.87. The Balaban J connectivity index is 2.51. The van der Waals surface area contributed by atoms with E-state index < -0.39 is 17.2 Å². The zero-order valence-corrected chi connectivity index (χ0v) is 12.2. The molecule has 0 bridgehead atoms. The second-order valence-electron chi connectivity index (χ2n) is 4.89. The summed E-state index contributed by atoms with van der Waals surface area (Å²) in [5, 5.41) is 1.90. The molecule has 0 atom stereocenters. The lowest BCUT2D eigenvalue weighted by molar-refractivity contribution is 0.0598. The van der Waals surface area contributed by atoms with Gasteiger partial charge >= 0.3 is 5.97 Å². The van der Waals surface area contributed by atoms with E-state index in [9.17, 15) is 14.0 Å². The van der Waals surface area contributed by atoms with Crippen molar-refractivity contribution in [2.45, 2.75) is 6.42 Å². The van der Waals surface area contributed by atoms with Crippen LogP contribution < -0.4 is 10.4 Å². The Bertz CT molecular complexity index is 831. The maximum Gasteiger partial charge on any atom is 0.343 e. The third kappa shape index (κ3) is 1.90. The van der Waals surface area contributed by atoms with Gasteiger partial charge in [-0.2, -0.15) is 0 Å². The molecule has 1 aromatic carbocycles. The van der Waals surface area contributed by atoms with E-state index in [1.807, 2.05) is 0 Å². The van der Waals surface area contributed by atoms with E-state index in [0.29, 0.717) is 24.0 Å². The Morgan fingerprint density at radius 2 is 2.19 bits per heavy atom. The van der Waals surface area contributed by atoms with Gasteiger partial charge in [0.1, 0.15) is 11.4 Å². The first-order chi connectivity index (χ1) is 9.95. The summed E-state index contributed by atoms with van der Waals surface area (Å²) in [4.78, 5) is 24.2. The van der Waals surface area contributed by atoms with Gasteiger partial charge < -0.3 is 9.75 Å². The first kappa shape index (κ1) is 13.9. The summed E-state index contributed by atoms with van der Waals surface area (Å²) in [6.07, 6.45) is 1.82. The number of methoxy groups -OCH3 is 1. The van der Waals surface area contributed by atoms with Gasteiger partial charge in [0.15, 0.2) is 0 Å². The largest absolute Gasteiger partial charge is 0.465 e. The SMILES string of the molecule is COC(=O)c1cn2c3c(c(F)c(Cl)cc3c1=O)CCN2C. The van der Waals surface area contributed by atoms with Crippen molar-refractivity contribution in [3.63, 3.8) is 0 Å². The van der Waals surface area contributed by atoms with Gasteiger partial charge in [-0.3, -0.25) is 9.47 Å². The molecule has 1 aliphatic rings. The van der Waals surface area contributed by atoms with Crippen molar-refractivity contribution in [2.24, 2.45) is 0 Å². The van der Waals surface area contributed by atoms with Crippen LogP contribution in [0.4, 0.5) is 4.39 Å². The number of carbonyl (C=O) groups excluding carboxylic acids is 1. The van der Waals surface area contributed by atoms with E-state index >= 15 is 0 Å². The zero-order chi connectivity index (χ0) is 15.3. The van der Waals surface area contributed by atoms with Gasteiger partial charge in [-0.05, 0) is 12.5 Å². The molecule has 0 N–H and O–H groups in total. The van der Waals surface area contributed by atoms with Gasteiger partial charge in [0.05, 0.1) is 23.0 Å². The third-order valence-electron chi connectivity index (χ3n) is 3.71. The van der Waals surface area contributed by atoms with E-state index in [1.54, 1.807) is 16.7 Å². The van der Waals surface area contributed by atoms with Crippen LogP contribution in [0.2, 0.25) is 5.02 Å². The van der Waals surface area contributed by atoms with Crippen LogP contribution in [0.3, 0.4) is 0 Å². The molecular formula is C14H12ClFN2O3. The van der Waals surface area contributed by atoms with Crippen LogP contribution in [0.25, 0.3) is 10.9 Å². The van der Waals surface area contributed by atoms with Gasteiger partial charge in [-0.15, -0.1) is 0 Å². The summed E-state index contributed by atoms with van der Waals surface area (Å²) in [6, 6.07) is 1.26. The van der Waals surface area contributed by atoms with Crippen LogP contribution >= 0.6 is 11.6 Å². The molecule has 0 fully saturated rings. The minimum absolute atomic E-state index is 0.104. The lowest BCUT2D eigenvalue weighted by Crippen LogP contribution is -2.38. The number of hydrogen-bond donors (Lipinski definition) is 0. The van der Waals surface area contributed by atoms with E-state index in [4.69, 9.17) is 11.6 Å². The van der Waals surface area contributed by atoms with Gasteiger partial charge in [0, 0.05) is 25.4 Å². The van der Waals surface area contributed by atoms with E-state index in [-0.39, 0.29) is 16.0 Å². The predicted octanol–water partition coefficient (Wildman–Crippen LogP) is 1.70. The highest BCUT2D eigenvalue weighted by Gasteiger charge is 2.25. The molecule has 110 valence electrons. The molecule has 0 saturated heterocycles. The van der Waals surface area contributed by atoms with Crippen molar-refractivity contribution in [3.8, 4) is 0 Å². The number of ether oxygens (including phenoxy) is 1. The molecule has 2 heterocycles. The van der Waals surface area contributed by atoms with Crippen molar-refractivity contribution in [3.05, 3.63) is 44.5 Å². The van der Waals surface area contributed by atoms with Crippen LogP contribution in [0.15, 0.2) is 17.1 Å². The van der Waals surface area contributed by atoms with Gasteiger partial charge in [0.25, 0.3) is 0 Å². The molecule has 7 heteroatoms. The van der Waals surface area contributed by atoms with Crippen molar-refractivity contribution in [1.29, 1.82) is 0 Å². The molecule has 0 unspecified atom stereocenters. The highest BCUT2D eigenvalue weighted by Crippen LogP contribution is 2.29. The van der Waals surface area contributed by atoms with Gasteiger partial charge in [-0.1, -0.05) is 11.6 Å². The molecule has 1 aromatic heterocycles. The third-order valence-corrected chi connectivity index (χ3v) is 3.99. The molecule has 1 aliphatic heterocycles. The Morgan fingerprint density at radius 3 is 2.86 bits per heavy atom. The Morgan fingerprint density at radius 1 is 1.48 bits per heavy atom. The fourth-order valence-corrected chi connectivity index (χ4v) is 2.85. The zero-order valence-electron chi connectivity index (χ0n) is 11.4. The first-order valence-corrected chi connectivity index (χ1v) is 6.69. The van der Waals surface area contributed by atoms with Crippen LogP contribution in [-0.2, 0) is 11.2 Å². The second kappa shape index (κ2) is 4.73. The Labute approximate surface area is 124 Å². The maximum absolute atomic E-state index is 14.2. The molecule has 21 heavy (non-hydrogen) atoms. The highest BCUT2D eigenvalue weighted by molar-refractivity contribution is 6.31. The summed E-state index contributed by atoms with van der Waals surface area (Å²) in [6.45, 7) is 0.544. The minimum Gasteiger partial charge on any atom is -0.465 e. The monoisotopic (exact) mass is 310 g/mol. The van der Waals surface area contributed by atoms with E-state index in [0.717, 1.165) is 0 Å². The van der Waals surface area contributed by atoms with Crippen molar-refractivity contribution in [2.75, 3.05) is 25.7 Å². The minimum atomic E-state index is -0.730.